The highest BCUT2D eigenvalue weighted by atomic mass is 16.5. The van der Waals surface area contributed by atoms with Crippen LogP contribution >= 0.6 is 0 Å². The molecule has 1 saturated heterocycles. The molecule has 1 aromatic rings. The Labute approximate surface area is 107 Å². The maximum absolute atomic E-state index is 5.90. The van der Waals surface area contributed by atoms with Gasteiger partial charge >= 0.3 is 0 Å². The third-order valence-corrected chi connectivity index (χ3v) is 3.43. The fourth-order valence-electron chi connectivity index (χ4n) is 2.57. The first kappa shape index (κ1) is 11.7. The summed E-state index contributed by atoms with van der Waals surface area (Å²) in [6.07, 6.45) is 2.05. The molecule has 1 fully saturated rings. The van der Waals surface area contributed by atoms with Gasteiger partial charge in [-0.2, -0.15) is 0 Å². The van der Waals surface area contributed by atoms with Crippen molar-refractivity contribution in [2.24, 2.45) is 0 Å². The maximum atomic E-state index is 5.90. The molecule has 5 nitrogen and oxygen atoms in total. The average molecular weight is 249 g/mol. The Morgan fingerprint density at radius 1 is 1.39 bits per heavy atom. The number of fused-ring (bicyclic) bond motifs is 4. The predicted molar refractivity (Wildman–Crippen MR) is 68.2 cm³/mol. The van der Waals surface area contributed by atoms with E-state index in [-0.39, 0.29) is 6.10 Å². The molecule has 1 aromatic heterocycles. The largest absolute Gasteiger partial charge is 0.485 e. The molecule has 0 radical (unpaired) electrons. The van der Waals surface area contributed by atoms with Gasteiger partial charge in [0.15, 0.2) is 11.6 Å². The molecule has 1 unspecified atom stereocenters. The maximum Gasteiger partial charge on any atom is 0.183 e. The van der Waals surface area contributed by atoms with Crippen LogP contribution in [-0.2, 0) is 11.2 Å². The first-order valence-electron chi connectivity index (χ1n) is 6.64. The van der Waals surface area contributed by atoms with Gasteiger partial charge in [-0.15, -0.1) is 0 Å². The van der Waals surface area contributed by atoms with Gasteiger partial charge in [0.25, 0.3) is 0 Å². The lowest BCUT2D eigenvalue weighted by Gasteiger charge is -2.22. The molecular weight excluding hydrogens is 230 g/mol. The molecule has 18 heavy (non-hydrogen) atoms. The van der Waals surface area contributed by atoms with Crippen LogP contribution in [0.15, 0.2) is 0 Å². The summed E-state index contributed by atoms with van der Waals surface area (Å²) in [7, 11) is 0. The summed E-state index contributed by atoms with van der Waals surface area (Å²) in [5.41, 5.74) is 1.00. The smallest absolute Gasteiger partial charge is 0.183 e. The second-order valence-electron chi connectivity index (χ2n) is 4.83. The summed E-state index contributed by atoms with van der Waals surface area (Å²) in [6.45, 7) is 7.29. The summed E-state index contributed by atoms with van der Waals surface area (Å²) in [4.78, 5) is 11.3. The van der Waals surface area contributed by atoms with Gasteiger partial charge < -0.3 is 14.4 Å². The molecule has 0 N–H and O–H groups in total. The lowest BCUT2D eigenvalue weighted by Crippen LogP contribution is -2.32. The molecule has 2 aliphatic heterocycles. The van der Waals surface area contributed by atoms with Crippen molar-refractivity contribution in [2.45, 2.75) is 32.8 Å². The summed E-state index contributed by atoms with van der Waals surface area (Å²) < 4.78 is 11.7. The number of anilines is 1. The number of hydrogen-bond donors (Lipinski definition) is 0. The first-order valence-corrected chi connectivity index (χ1v) is 6.64. The fraction of sp³-hybridized carbons (Fsp3) is 0.692. The van der Waals surface area contributed by atoms with Gasteiger partial charge in [-0.25, -0.2) is 9.97 Å². The van der Waals surface area contributed by atoms with Crippen LogP contribution in [0.5, 0.6) is 5.75 Å². The van der Waals surface area contributed by atoms with Gasteiger partial charge in [-0.1, -0.05) is 6.92 Å². The molecule has 1 atom stereocenters. The van der Waals surface area contributed by atoms with Gasteiger partial charge in [0.1, 0.15) is 18.5 Å². The normalized spacial score (nSPS) is 22.8. The van der Waals surface area contributed by atoms with Gasteiger partial charge in [-0.05, 0) is 19.8 Å². The topological polar surface area (TPSA) is 47.5 Å². The Morgan fingerprint density at radius 3 is 3.11 bits per heavy atom. The predicted octanol–water partition coefficient (Wildman–Crippen LogP) is 1.34. The van der Waals surface area contributed by atoms with Crippen LogP contribution in [0.4, 0.5) is 5.82 Å². The lowest BCUT2D eigenvalue weighted by molar-refractivity contribution is 0.0363. The number of rotatable bonds is 1. The molecule has 0 saturated carbocycles. The monoisotopic (exact) mass is 249 g/mol. The Hall–Kier alpha value is -1.36. The molecule has 2 bridgehead atoms. The molecule has 0 spiro atoms. The lowest BCUT2D eigenvalue weighted by atomic mass is 10.2. The summed E-state index contributed by atoms with van der Waals surface area (Å²) in [5.74, 6) is 2.63. The zero-order valence-electron chi connectivity index (χ0n) is 11.0. The SMILES string of the molecule is CCc1nc(C)nc2c1OCC1CN2CCCO1. The summed E-state index contributed by atoms with van der Waals surface area (Å²) >= 11 is 0. The first-order chi connectivity index (χ1) is 8.78. The van der Waals surface area contributed by atoms with Crippen LogP contribution in [-0.4, -0.2) is 42.4 Å². The van der Waals surface area contributed by atoms with Crippen molar-refractivity contribution < 1.29 is 9.47 Å². The molecule has 98 valence electrons. The van der Waals surface area contributed by atoms with Crippen LogP contribution < -0.4 is 9.64 Å². The van der Waals surface area contributed by atoms with Crippen LogP contribution in [0, 0.1) is 6.92 Å². The van der Waals surface area contributed by atoms with Crippen LogP contribution in [0.3, 0.4) is 0 Å². The highest BCUT2D eigenvalue weighted by Gasteiger charge is 2.28. The molecule has 0 aliphatic carbocycles. The van der Waals surface area contributed by atoms with Crippen molar-refractivity contribution in [1.82, 2.24) is 9.97 Å². The van der Waals surface area contributed by atoms with E-state index in [1.165, 1.54) is 0 Å². The van der Waals surface area contributed by atoms with E-state index >= 15 is 0 Å². The van der Waals surface area contributed by atoms with E-state index in [1.807, 2.05) is 6.92 Å². The van der Waals surface area contributed by atoms with Crippen LogP contribution in [0.25, 0.3) is 0 Å². The quantitative estimate of drug-likeness (QED) is 0.751. The Balaban J connectivity index is 2.06. The van der Waals surface area contributed by atoms with Crippen molar-refractivity contribution in [3.8, 4) is 5.75 Å². The van der Waals surface area contributed by atoms with Crippen molar-refractivity contribution in [1.29, 1.82) is 0 Å². The number of aryl methyl sites for hydroxylation is 2. The van der Waals surface area contributed by atoms with Gasteiger partial charge in [0.05, 0.1) is 5.69 Å². The molecule has 5 heteroatoms. The Morgan fingerprint density at radius 2 is 2.28 bits per heavy atom. The van der Waals surface area contributed by atoms with Crippen LogP contribution in [0.1, 0.15) is 24.9 Å². The molecule has 0 aromatic carbocycles. The number of aromatic nitrogens is 2. The molecular formula is C13H19N3O2. The van der Waals surface area contributed by atoms with E-state index in [0.29, 0.717) is 6.61 Å². The van der Waals surface area contributed by atoms with E-state index < -0.39 is 0 Å². The van der Waals surface area contributed by atoms with E-state index in [1.54, 1.807) is 0 Å². The highest BCUT2D eigenvalue weighted by Crippen LogP contribution is 2.33. The van der Waals surface area contributed by atoms with E-state index in [0.717, 1.165) is 55.6 Å². The van der Waals surface area contributed by atoms with Gasteiger partial charge in [0, 0.05) is 19.7 Å². The zero-order valence-corrected chi connectivity index (χ0v) is 11.0. The van der Waals surface area contributed by atoms with Crippen molar-refractivity contribution in [3.63, 3.8) is 0 Å². The van der Waals surface area contributed by atoms with Crippen molar-refractivity contribution in [3.05, 3.63) is 11.5 Å². The van der Waals surface area contributed by atoms with Gasteiger partial charge in [0.2, 0.25) is 0 Å². The minimum absolute atomic E-state index is 0.145. The summed E-state index contributed by atoms with van der Waals surface area (Å²) in [6, 6.07) is 0. The minimum Gasteiger partial charge on any atom is -0.485 e. The zero-order chi connectivity index (χ0) is 12.5. The molecule has 2 aliphatic rings. The van der Waals surface area contributed by atoms with Crippen LogP contribution in [0.2, 0.25) is 0 Å². The average Bonchev–Trinajstić information content (AvgIpc) is 2.70. The number of hydrogen-bond acceptors (Lipinski definition) is 5. The Bertz CT molecular complexity index is 450. The number of nitrogens with zero attached hydrogens (tertiary/aromatic N) is 3. The van der Waals surface area contributed by atoms with Crippen molar-refractivity contribution in [2.75, 3.05) is 31.2 Å². The molecule has 3 heterocycles. The van der Waals surface area contributed by atoms with E-state index in [9.17, 15) is 0 Å². The molecule has 3 rings (SSSR count). The number of ether oxygens (including phenoxy) is 2. The standard InChI is InChI=1S/C13H19N3O2/c1-3-11-12-13(15-9(2)14-11)16-5-4-6-17-10(7-16)8-18-12/h10H,3-8H2,1-2H3. The van der Waals surface area contributed by atoms with Gasteiger partial charge in [-0.3, -0.25) is 0 Å². The molecule has 0 amide bonds. The third kappa shape index (κ3) is 2.03. The van der Waals surface area contributed by atoms with E-state index in [2.05, 4.69) is 21.8 Å². The second-order valence-corrected chi connectivity index (χ2v) is 4.83. The Kier molecular flexibility index (Phi) is 3.07. The third-order valence-electron chi connectivity index (χ3n) is 3.43. The highest BCUT2D eigenvalue weighted by molar-refractivity contribution is 5.56. The minimum atomic E-state index is 0.145. The van der Waals surface area contributed by atoms with E-state index in [4.69, 9.17) is 9.47 Å². The fourth-order valence-corrected chi connectivity index (χ4v) is 2.57. The summed E-state index contributed by atoms with van der Waals surface area (Å²) in [5, 5.41) is 0. The van der Waals surface area contributed by atoms with Crippen molar-refractivity contribution >= 4 is 5.82 Å². The second kappa shape index (κ2) is 4.72.